The number of carboxylic acids is 1. The minimum atomic E-state index is -1.12. The number of rotatable bonds is 6. The number of nitrogens with zero attached hydrogens (tertiary/aromatic N) is 1. The highest BCUT2D eigenvalue weighted by Crippen LogP contribution is 2.05. The van der Waals surface area contributed by atoms with E-state index in [2.05, 4.69) is 11.9 Å². The van der Waals surface area contributed by atoms with Crippen molar-refractivity contribution in [2.45, 2.75) is 6.54 Å². The molecule has 19 heavy (non-hydrogen) atoms. The van der Waals surface area contributed by atoms with Crippen molar-refractivity contribution >= 4 is 12.0 Å². The molecule has 0 fully saturated rings. The van der Waals surface area contributed by atoms with Crippen LogP contribution in [-0.2, 0) is 11.3 Å². The topological polar surface area (TPSA) is 69.6 Å². The summed E-state index contributed by atoms with van der Waals surface area (Å²) in [6, 6.07) is 5.47. The van der Waals surface area contributed by atoms with Gasteiger partial charge in [0.25, 0.3) is 0 Å². The number of hydrogen-bond donors (Lipinski definition) is 2. The molecule has 0 saturated carbocycles. The predicted molar refractivity (Wildman–Crippen MR) is 68.0 cm³/mol. The van der Waals surface area contributed by atoms with Crippen LogP contribution < -0.4 is 5.32 Å². The van der Waals surface area contributed by atoms with Gasteiger partial charge < -0.3 is 15.3 Å². The van der Waals surface area contributed by atoms with Crippen LogP contribution in [0.5, 0.6) is 0 Å². The first kappa shape index (κ1) is 14.7. The molecule has 1 rings (SSSR count). The molecule has 5 nitrogen and oxygen atoms in total. The van der Waals surface area contributed by atoms with E-state index in [1.165, 1.54) is 12.1 Å². The summed E-state index contributed by atoms with van der Waals surface area (Å²) in [5.41, 5.74) is 0.338. The number of aliphatic carboxylic acids is 1. The zero-order valence-corrected chi connectivity index (χ0v) is 10.3. The number of urea groups is 1. The Morgan fingerprint density at radius 3 is 2.68 bits per heavy atom. The third kappa shape index (κ3) is 4.79. The van der Waals surface area contributed by atoms with Gasteiger partial charge in [-0.3, -0.25) is 4.79 Å². The number of carboxylic acid groups (broad SMARTS) is 1. The summed E-state index contributed by atoms with van der Waals surface area (Å²) < 4.78 is 13.3. The number of carbonyl (C=O) groups is 2. The Morgan fingerprint density at radius 2 is 2.11 bits per heavy atom. The second-order valence-electron chi connectivity index (χ2n) is 3.81. The van der Waals surface area contributed by atoms with E-state index in [0.717, 1.165) is 4.90 Å². The van der Waals surface area contributed by atoms with E-state index in [0.29, 0.717) is 5.56 Å². The number of benzene rings is 1. The number of nitrogens with one attached hydrogen (secondary N) is 1. The quantitative estimate of drug-likeness (QED) is 0.768. The number of carbonyl (C=O) groups excluding carboxylic acids is 1. The maximum Gasteiger partial charge on any atom is 0.323 e. The van der Waals surface area contributed by atoms with E-state index in [1.54, 1.807) is 18.2 Å². The molecule has 0 aliphatic carbocycles. The van der Waals surface area contributed by atoms with Gasteiger partial charge in [-0.15, -0.1) is 6.58 Å². The normalized spacial score (nSPS) is 9.74. The van der Waals surface area contributed by atoms with Crippen LogP contribution in [0.3, 0.4) is 0 Å². The van der Waals surface area contributed by atoms with Gasteiger partial charge in [0.1, 0.15) is 12.4 Å². The lowest BCUT2D eigenvalue weighted by atomic mass is 10.2. The fourth-order valence-corrected chi connectivity index (χ4v) is 1.46. The molecule has 1 aromatic rings. The zero-order valence-electron chi connectivity index (χ0n) is 10.3. The van der Waals surface area contributed by atoms with Gasteiger partial charge in [-0.2, -0.15) is 0 Å². The minimum absolute atomic E-state index is 0.00122. The van der Waals surface area contributed by atoms with Crippen molar-refractivity contribution in [1.29, 1.82) is 0 Å². The summed E-state index contributed by atoms with van der Waals surface area (Å²) in [4.78, 5) is 23.4. The van der Waals surface area contributed by atoms with Gasteiger partial charge in [0, 0.05) is 18.7 Å². The van der Waals surface area contributed by atoms with Gasteiger partial charge in [0.05, 0.1) is 0 Å². The van der Waals surface area contributed by atoms with E-state index in [9.17, 15) is 14.0 Å². The van der Waals surface area contributed by atoms with Gasteiger partial charge in [-0.05, 0) is 6.07 Å². The molecule has 2 amide bonds. The highest BCUT2D eigenvalue weighted by Gasteiger charge is 2.15. The number of hydrogen-bond acceptors (Lipinski definition) is 2. The number of amides is 2. The zero-order chi connectivity index (χ0) is 14.3. The maximum atomic E-state index is 13.3. The van der Waals surface area contributed by atoms with Crippen molar-refractivity contribution < 1.29 is 19.1 Å². The molecule has 0 heterocycles. The molecular weight excluding hydrogens is 251 g/mol. The number of halogens is 1. The first-order valence-corrected chi connectivity index (χ1v) is 5.63. The van der Waals surface area contributed by atoms with Crippen LogP contribution in [0.2, 0.25) is 0 Å². The van der Waals surface area contributed by atoms with Gasteiger partial charge >= 0.3 is 12.0 Å². The predicted octanol–water partition coefficient (Wildman–Crippen LogP) is 1.61. The van der Waals surface area contributed by atoms with Crippen molar-refractivity contribution in [2.75, 3.05) is 13.1 Å². The van der Waals surface area contributed by atoms with Crippen LogP contribution in [0, 0.1) is 5.82 Å². The van der Waals surface area contributed by atoms with E-state index < -0.39 is 24.4 Å². The van der Waals surface area contributed by atoms with E-state index in [-0.39, 0.29) is 13.1 Å². The first-order valence-electron chi connectivity index (χ1n) is 5.63. The Kier molecular flexibility index (Phi) is 5.53. The van der Waals surface area contributed by atoms with Crippen LogP contribution >= 0.6 is 0 Å². The Balaban J connectivity index is 2.59. The minimum Gasteiger partial charge on any atom is -0.480 e. The highest BCUT2D eigenvalue weighted by atomic mass is 19.1. The molecule has 0 aliphatic rings. The smallest absolute Gasteiger partial charge is 0.323 e. The highest BCUT2D eigenvalue weighted by molar-refractivity contribution is 5.80. The standard InChI is InChI=1S/C13H15FN2O3/c1-2-7-16(9-12(17)18)13(19)15-8-10-5-3-4-6-11(10)14/h2-6H,1,7-9H2,(H,15,19)(H,17,18). The first-order chi connectivity index (χ1) is 9.04. The summed E-state index contributed by atoms with van der Waals surface area (Å²) in [6.07, 6.45) is 1.42. The molecule has 0 unspecified atom stereocenters. The Bertz CT molecular complexity index is 477. The lowest BCUT2D eigenvalue weighted by molar-refractivity contribution is -0.137. The third-order valence-corrected chi connectivity index (χ3v) is 2.35. The third-order valence-electron chi connectivity index (χ3n) is 2.35. The van der Waals surface area contributed by atoms with E-state index in [1.807, 2.05) is 0 Å². The van der Waals surface area contributed by atoms with Gasteiger partial charge in [-0.1, -0.05) is 24.3 Å². The van der Waals surface area contributed by atoms with Crippen molar-refractivity contribution in [3.63, 3.8) is 0 Å². The molecule has 0 bridgehead atoms. The Hall–Kier alpha value is -2.37. The molecule has 0 aromatic heterocycles. The fourth-order valence-electron chi connectivity index (χ4n) is 1.46. The lowest BCUT2D eigenvalue weighted by Crippen LogP contribution is -2.42. The molecule has 0 atom stereocenters. The molecule has 0 saturated heterocycles. The molecule has 0 radical (unpaired) electrons. The second kappa shape index (κ2) is 7.15. The Morgan fingerprint density at radius 1 is 1.42 bits per heavy atom. The maximum absolute atomic E-state index is 13.3. The summed E-state index contributed by atoms with van der Waals surface area (Å²) >= 11 is 0. The van der Waals surface area contributed by atoms with Gasteiger partial charge in [0.2, 0.25) is 0 Å². The van der Waals surface area contributed by atoms with Gasteiger partial charge in [0.15, 0.2) is 0 Å². The molecule has 2 N–H and O–H groups in total. The summed E-state index contributed by atoms with van der Waals surface area (Å²) in [5, 5.41) is 11.1. The average Bonchev–Trinajstić information content (AvgIpc) is 2.36. The van der Waals surface area contributed by atoms with E-state index >= 15 is 0 Å². The van der Waals surface area contributed by atoms with Crippen LogP contribution in [0.4, 0.5) is 9.18 Å². The van der Waals surface area contributed by atoms with E-state index in [4.69, 9.17) is 5.11 Å². The van der Waals surface area contributed by atoms with Crippen molar-refractivity contribution in [2.24, 2.45) is 0 Å². The molecule has 0 aliphatic heterocycles. The van der Waals surface area contributed by atoms with Crippen molar-refractivity contribution in [3.05, 3.63) is 48.3 Å². The summed E-state index contributed by atoms with van der Waals surface area (Å²) in [5.74, 6) is -1.54. The molecule has 6 heteroatoms. The summed E-state index contributed by atoms with van der Waals surface area (Å²) in [7, 11) is 0. The molecule has 0 spiro atoms. The van der Waals surface area contributed by atoms with Crippen LogP contribution in [0.1, 0.15) is 5.56 Å². The second-order valence-corrected chi connectivity index (χ2v) is 3.81. The fraction of sp³-hybridized carbons (Fsp3) is 0.231. The van der Waals surface area contributed by atoms with Gasteiger partial charge in [-0.25, -0.2) is 9.18 Å². The molecule has 1 aromatic carbocycles. The monoisotopic (exact) mass is 266 g/mol. The average molecular weight is 266 g/mol. The van der Waals surface area contributed by atoms with Crippen molar-refractivity contribution in [1.82, 2.24) is 10.2 Å². The van der Waals surface area contributed by atoms with Crippen LogP contribution in [0.15, 0.2) is 36.9 Å². The largest absolute Gasteiger partial charge is 0.480 e. The Labute approximate surface area is 110 Å². The molecule has 102 valence electrons. The van der Waals surface area contributed by atoms with Crippen LogP contribution in [-0.4, -0.2) is 35.1 Å². The lowest BCUT2D eigenvalue weighted by Gasteiger charge is -2.19. The summed E-state index contributed by atoms with van der Waals surface area (Å²) in [6.45, 7) is 3.12. The van der Waals surface area contributed by atoms with Crippen molar-refractivity contribution in [3.8, 4) is 0 Å². The van der Waals surface area contributed by atoms with Crippen LogP contribution in [0.25, 0.3) is 0 Å². The SMILES string of the molecule is C=CCN(CC(=O)O)C(=O)NCc1ccccc1F. The molecular formula is C13H15FN2O3.